The number of anilines is 2. The van der Waals surface area contributed by atoms with Gasteiger partial charge in [-0.3, -0.25) is 4.79 Å². The normalized spacial score (nSPS) is 19.3. The lowest BCUT2D eigenvalue weighted by atomic mass is 10.0. The molecule has 1 saturated carbocycles. The van der Waals surface area contributed by atoms with Gasteiger partial charge in [0.1, 0.15) is 0 Å². The minimum absolute atomic E-state index is 0.0956. The standard InChI is InChI=1S/C15H20N2OS/c16-12-8-13-11(5-6-15(18)17-13)7-14(12)19-9-10-3-1-2-4-10/h7-8,10H,1-6,9,16H2,(H,17,18). The Morgan fingerprint density at radius 3 is 2.84 bits per heavy atom. The van der Waals surface area contributed by atoms with Gasteiger partial charge in [-0.2, -0.15) is 0 Å². The first-order valence-corrected chi connectivity index (χ1v) is 8.06. The molecule has 0 spiro atoms. The Hall–Kier alpha value is -1.16. The van der Waals surface area contributed by atoms with Gasteiger partial charge in [0.25, 0.3) is 0 Å². The SMILES string of the molecule is Nc1cc2c(cc1SCC1CCCC1)CCC(=O)N2. The Labute approximate surface area is 118 Å². The summed E-state index contributed by atoms with van der Waals surface area (Å²) in [5, 5.41) is 2.90. The lowest BCUT2D eigenvalue weighted by Crippen LogP contribution is -2.19. The van der Waals surface area contributed by atoms with Crippen LogP contribution in [0.2, 0.25) is 0 Å². The van der Waals surface area contributed by atoms with E-state index in [1.54, 1.807) is 0 Å². The van der Waals surface area contributed by atoms with Crippen LogP contribution < -0.4 is 11.1 Å². The molecule has 1 fully saturated rings. The maximum absolute atomic E-state index is 11.4. The van der Waals surface area contributed by atoms with Crippen LogP contribution in [0.4, 0.5) is 11.4 Å². The third kappa shape index (κ3) is 2.89. The van der Waals surface area contributed by atoms with Crippen LogP contribution in [0.3, 0.4) is 0 Å². The molecular formula is C15H20N2OS. The first-order valence-electron chi connectivity index (χ1n) is 7.07. The number of thioether (sulfide) groups is 1. The average molecular weight is 276 g/mol. The van der Waals surface area contributed by atoms with E-state index in [0.717, 1.165) is 23.7 Å². The highest BCUT2D eigenvalue weighted by atomic mass is 32.2. The van der Waals surface area contributed by atoms with Crippen molar-refractivity contribution < 1.29 is 4.79 Å². The maximum Gasteiger partial charge on any atom is 0.224 e. The topological polar surface area (TPSA) is 55.1 Å². The molecule has 2 aliphatic rings. The van der Waals surface area contributed by atoms with Gasteiger partial charge in [-0.1, -0.05) is 12.8 Å². The summed E-state index contributed by atoms with van der Waals surface area (Å²) in [6.45, 7) is 0. The molecule has 0 radical (unpaired) electrons. The number of nitrogen functional groups attached to an aromatic ring is 1. The van der Waals surface area contributed by atoms with Crippen molar-refractivity contribution in [3.05, 3.63) is 17.7 Å². The van der Waals surface area contributed by atoms with E-state index in [4.69, 9.17) is 5.73 Å². The Bertz CT molecular complexity index is 495. The summed E-state index contributed by atoms with van der Waals surface area (Å²) in [7, 11) is 0. The minimum Gasteiger partial charge on any atom is -0.398 e. The molecule has 4 heteroatoms. The summed E-state index contributed by atoms with van der Waals surface area (Å²) in [6, 6.07) is 4.09. The second-order valence-electron chi connectivity index (χ2n) is 5.56. The second-order valence-corrected chi connectivity index (χ2v) is 6.62. The lowest BCUT2D eigenvalue weighted by molar-refractivity contribution is -0.116. The van der Waals surface area contributed by atoms with E-state index in [-0.39, 0.29) is 5.91 Å². The van der Waals surface area contributed by atoms with Crippen molar-refractivity contribution >= 4 is 29.0 Å². The van der Waals surface area contributed by atoms with Gasteiger partial charge < -0.3 is 11.1 Å². The zero-order valence-corrected chi connectivity index (χ0v) is 11.9. The number of rotatable bonds is 3. The number of carbonyl (C=O) groups excluding carboxylic acids is 1. The number of fused-ring (bicyclic) bond motifs is 1. The van der Waals surface area contributed by atoms with Crippen LogP contribution >= 0.6 is 11.8 Å². The zero-order valence-electron chi connectivity index (χ0n) is 11.1. The predicted octanol–water partition coefficient (Wildman–Crippen LogP) is 3.44. The number of aryl methyl sites for hydroxylation is 1. The molecule has 0 saturated heterocycles. The van der Waals surface area contributed by atoms with Crippen molar-refractivity contribution in [2.45, 2.75) is 43.4 Å². The highest BCUT2D eigenvalue weighted by Crippen LogP contribution is 2.36. The molecule has 1 aromatic rings. The Kier molecular flexibility index (Phi) is 3.69. The maximum atomic E-state index is 11.4. The fraction of sp³-hybridized carbons (Fsp3) is 0.533. The van der Waals surface area contributed by atoms with Crippen LogP contribution in [0.5, 0.6) is 0 Å². The average Bonchev–Trinajstić information content (AvgIpc) is 2.89. The summed E-state index contributed by atoms with van der Waals surface area (Å²) in [6.07, 6.45) is 6.93. The predicted molar refractivity (Wildman–Crippen MR) is 80.5 cm³/mol. The van der Waals surface area contributed by atoms with E-state index in [9.17, 15) is 4.79 Å². The minimum atomic E-state index is 0.0956. The summed E-state index contributed by atoms with van der Waals surface area (Å²) in [4.78, 5) is 12.5. The molecular weight excluding hydrogens is 256 g/mol. The zero-order chi connectivity index (χ0) is 13.2. The molecule has 3 nitrogen and oxygen atoms in total. The monoisotopic (exact) mass is 276 g/mol. The molecule has 19 heavy (non-hydrogen) atoms. The van der Waals surface area contributed by atoms with Crippen LogP contribution in [-0.2, 0) is 11.2 Å². The van der Waals surface area contributed by atoms with E-state index >= 15 is 0 Å². The van der Waals surface area contributed by atoms with Gasteiger partial charge in [0.15, 0.2) is 0 Å². The largest absolute Gasteiger partial charge is 0.398 e. The van der Waals surface area contributed by atoms with Crippen LogP contribution in [0.25, 0.3) is 0 Å². The summed E-state index contributed by atoms with van der Waals surface area (Å²) in [5.74, 6) is 2.13. The molecule has 0 unspecified atom stereocenters. The fourth-order valence-electron chi connectivity index (χ4n) is 2.93. The summed E-state index contributed by atoms with van der Waals surface area (Å²) >= 11 is 1.88. The van der Waals surface area contributed by atoms with E-state index in [2.05, 4.69) is 11.4 Å². The van der Waals surface area contributed by atoms with Crippen LogP contribution in [0, 0.1) is 5.92 Å². The summed E-state index contributed by atoms with van der Waals surface area (Å²) < 4.78 is 0. The van der Waals surface area contributed by atoms with Crippen LogP contribution in [0.15, 0.2) is 17.0 Å². The Balaban J connectivity index is 1.72. The number of hydrogen-bond acceptors (Lipinski definition) is 3. The van der Waals surface area contributed by atoms with E-state index in [1.807, 2.05) is 17.8 Å². The number of nitrogens with two attached hydrogens (primary N) is 1. The molecule has 102 valence electrons. The number of nitrogens with one attached hydrogen (secondary N) is 1. The molecule has 0 aromatic heterocycles. The molecule has 0 bridgehead atoms. The molecule has 0 atom stereocenters. The van der Waals surface area contributed by atoms with Crippen LogP contribution in [-0.4, -0.2) is 11.7 Å². The molecule has 1 amide bonds. The van der Waals surface area contributed by atoms with Gasteiger partial charge in [-0.25, -0.2) is 0 Å². The highest BCUT2D eigenvalue weighted by Gasteiger charge is 2.19. The molecule has 1 aromatic carbocycles. The molecule has 1 heterocycles. The first-order chi connectivity index (χ1) is 9.22. The van der Waals surface area contributed by atoms with Gasteiger partial charge in [-0.05, 0) is 42.9 Å². The Morgan fingerprint density at radius 2 is 2.05 bits per heavy atom. The van der Waals surface area contributed by atoms with Gasteiger partial charge in [0, 0.05) is 28.4 Å². The highest BCUT2D eigenvalue weighted by molar-refractivity contribution is 7.99. The number of hydrogen-bond donors (Lipinski definition) is 2. The van der Waals surface area contributed by atoms with Crippen molar-refractivity contribution in [3.8, 4) is 0 Å². The lowest BCUT2D eigenvalue weighted by Gasteiger charge is -2.19. The third-order valence-corrected chi connectivity index (χ3v) is 5.38. The van der Waals surface area contributed by atoms with Gasteiger partial charge in [0.2, 0.25) is 5.91 Å². The van der Waals surface area contributed by atoms with E-state index < -0.39 is 0 Å². The van der Waals surface area contributed by atoms with Gasteiger partial charge in [0.05, 0.1) is 0 Å². The van der Waals surface area contributed by atoms with Crippen molar-refractivity contribution in [2.24, 2.45) is 5.92 Å². The number of benzene rings is 1. The van der Waals surface area contributed by atoms with Crippen LogP contribution in [0.1, 0.15) is 37.7 Å². The quantitative estimate of drug-likeness (QED) is 0.657. The van der Waals surface area contributed by atoms with E-state index in [0.29, 0.717) is 6.42 Å². The smallest absolute Gasteiger partial charge is 0.224 e. The van der Waals surface area contributed by atoms with Gasteiger partial charge >= 0.3 is 0 Å². The Morgan fingerprint density at radius 1 is 1.26 bits per heavy atom. The first kappa shape index (κ1) is 12.9. The fourth-order valence-corrected chi connectivity index (χ4v) is 4.13. The van der Waals surface area contributed by atoms with E-state index in [1.165, 1.54) is 41.9 Å². The second kappa shape index (κ2) is 5.45. The van der Waals surface area contributed by atoms with Crippen molar-refractivity contribution in [3.63, 3.8) is 0 Å². The third-order valence-electron chi connectivity index (χ3n) is 4.08. The molecule has 3 rings (SSSR count). The molecule has 1 aliphatic heterocycles. The van der Waals surface area contributed by atoms with Crippen molar-refractivity contribution in [1.82, 2.24) is 0 Å². The number of amides is 1. The van der Waals surface area contributed by atoms with Crippen molar-refractivity contribution in [2.75, 3.05) is 16.8 Å². The molecule has 1 aliphatic carbocycles. The van der Waals surface area contributed by atoms with Gasteiger partial charge in [-0.15, -0.1) is 11.8 Å². The van der Waals surface area contributed by atoms with Crippen molar-refractivity contribution in [1.29, 1.82) is 0 Å². The molecule has 3 N–H and O–H groups in total. The summed E-state index contributed by atoms with van der Waals surface area (Å²) in [5.41, 5.74) is 9.02. The number of carbonyl (C=O) groups is 1.